The summed E-state index contributed by atoms with van der Waals surface area (Å²) in [6, 6.07) is 5.96. The van der Waals surface area contributed by atoms with E-state index in [9.17, 15) is 16.8 Å². The molecule has 0 atom stereocenters. The molecule has 1 aromatic carbocycles. The monoisotopic (exact) mass is 966 g/mol. The number of hydrogen-bond donors (Lipinski definition) is 2. The van der Waals surface area contributed by atoms with E-state index in [0.717, 1.165) is 5.56 Å². The highest BCUT2D eigenvalue weighted by Crippen LogP contribution is 2.33. The van der Waals surface area contributed by atoms with Gasteiger partial charge < -0.3 is 66.3 Å². The van der Waals surface area contributed by atoms with Gasteiger partial charge >= 0.3 is 0 Å². The lowest BCUT2D eigenvalue weighted by molar-refractivity contribution is -0.0182. The third kappa shape index (κ3) is 41.6. The topological polar surface area (TPSA) is 238 Å². The minimum atomic E-state index is -3.91. The Kier molecular flexibility index (Phi) is 37.8. The van der Waals surface area contributed by atoms with Gasteiger partial charge in [-0.05, 0) is 48.8 Å². The fourth-order valence-corrected chi connectivity index (χ4v) is 6.15. The molecule has 1 aromatic rings. The maximum Gasteiger partial charge on any atom is 0.264 e. The second-order valence-corrected chi connectivity index (χ2v) is 18.1. The summed E-state index contributed by atoms with van der Waals surface area (Å²) in [5.41, 5.74) is 1.06. The Morgan fingerprint density at radius 3 is 0.875 bits per heavy atom. The van der Waals surface area contributed by atoms with Crippen molar-refractivity contribution in [3.8, 4) is 11.5 Å². The van der Waals surface area contributed by atoms with Gasteiger partial charge in [0, 0.05) is 13.2 Å². The SMILES string of the molecule is CC(C)(C)c1ccc(OCCOCCOCCOCCOCCOCCOCCCCS(=O)(=O)O)c(OCCOCCOCCOCCOCCOCCOCCCCS(=O)(=O)O)c1. The molecule has 0 amide bonds. The van der Waals surface area contributed by atoms with Crippen LogP contribution < -0.4 is 9.47 Å². The highest BCUT2D eigenvalue weighted by atomic mass is 32.2. The maximum absolute atomic E-state index is 10.6. The zero-order chi connectivity index (χ0) is 46.9. The van der Waals surface area contributed by atoms with Crippen molar-refractivity contribution in [1.82, 2.24) is 0 Å². The molecular formula is C42H78O20S2. The van der Waals surface area contributed by atoms with Gasteiger partial charge in [0.05, 0.1) is 157 Å². The van der Waals surface area contributed by atoms with Crippen LogP contribution in [-0.4, -0.2) is 209 Å². The highest BCUT2D eigenvalue weighted by molar-refractivity contribution is 7.86. The lowest BCUT2D eigenvalue weighted by Crippen LogP contribution is -2.16. The predicted octanol–water partition coefficient (Wildman–Crippen LogP) is 3.28. The highest BCUT2D eigenvalue weighted by Gasteiger charge is 2.17. The van der Waals surface area contributed by atoms with E-state index in [-0.39, 0.29) is 16.9 Å². The molecule has 0 saturated carbocycles. The van der Waals surface area contributed by atoms with E-state index in [1.807, 2.05) is 18.2 Å². The van der Waals surface area contributed by atoms with Gasteiger partial charge in [-0.3, -0.25) is 9.11 Å². The molecule has 20 nitrogen and oxygen atoms in total. The van der Waals surface area contributed by atoms with Crippen LogP contribution in [0.4, 0.5) is 0 Å². The van der Waals surface area contributed by atoms with Crippen LogP contribution in [0, 0.1) is 0 Å². The molecule has 0 aliphatic rings. The summed E-state index contributed by atoms with van der Waals surface area (Å²) in [5, 5.41) is 0. The molecule has 2 N–H and O–H groups in total. The molecule has 0 aliphatic carbocycles. The largest absolute Gasteiger partial charge is 0.487 e. The fraction of sp³-hybridized carbons (Fsp3) is 0.857. The van der Waals surface area contributed by atoms with E-state index >= 15 is 0 Å². The molecule has 64 heavy (non-hydrogen) atoms. The molecule has 0 radical (unpaired) electrons. The van der Waals surface area contributed by atoms with Crippen molar-refractivity contribution in [3.63, 3.8) is 0 Å². The Bertz CT molecular complexity index is 1430. The standard InChI is InChI=1S/C42H78O20S2/c1-42(2,3)39-8-9-40(61-34-32-59-30-28-57-26-24-55-22-20-53-18-16-51-14-12-49-10-4-6-36-63(43,44)45)41(38-39)62-35-33-60-31-29-58-27-25-56-23-21-54-19-17-52-15-13-50-11-5-7-37-64(46,47)48/h8-9,38H,4-7,10-37H2,1-3H3,(H,43,44,45)(H,46,47,48). The van der Waals surface area contributed by atoms with Crippen LogP contribution in [0.2, 0.25) is 0 Å². The van der Waals surface area contributed by atoms with E-state index in [1.54, 1.807) is 0 Å². The van der Waals surface area contributed by atoms with Crippen LogP contribution in [0.1, 0.15) is 52.0 Å². The first-order valence-electron chi connectivity index (χ1n) is 22.0. The van der Waals surface area contributed by atoms with Crippen molar-refractivity contribution in [2.75, 3.05) is 183 Å². The third-order valence-corrected chi connectivity index (χ3v) is 9.99. The Morgan fingerprint density at radius 2 is 0.609 bits per heavy atom. The van der Waals surface area contributed by atoms with Gasteiger partial charge in [0.15, 0.2) is 11.5 Å². The van der Waals surface area contributed by atoms with Crippen LogP contribution in [-0.2, 0) is 82.5 Å². The molecule has 0 saturated heterocycles. The first kappa shape index (κ1) is 60.2. The van der Waals surface area contributed by atoms with E-state index in [1.165, 1.54) is 0 Å². The van der Waals surface area contributed by atoms with Gasteiger partial charge in [-0.15, -0.1) is 0 Å². The zero-order valence-electron chi connectivity index (χ0n) is 38.4. The van der Waals surface area contributed by atoms with Gasteiger partial charge in [0.25, 0.3) is 20.2 Å². The normalized spacial score (nSPS) is 12.3. The second kappa shape index (κ2) is 40.2. The number of unbranched alkanes of at least 4 members (excludes halogenated alkanes) is 2. The van der Waals surface area contributed by atoms with Crippen molar-refractivity contribution in [1.29, 1.82) is 0 Å². The van der Waals surface area contributed by atoms with Crippen molar-refractivity contribution in [2.24, 2.45) is 0 Å². The molecule has 1 rings (SSSR count). The summed E-state index contributed by atoms with van der Waals surface area (Å²) in [4.78, 5) is 0. The lowest BCUT2D eigenvalue weighted by atomic mass is 9.87. The molecule has 0 aliphatic heterocycles. The van der Waals surface area contributed by atoms with E-state index in [0.29, 0.717) is 209 Å². The molecule has 378 valence electrons. The first-order chi connectivity index (χ1) is 30.8. The summed E-state index contributed by atoms with van der Waals surface area (Å²) < 4.78 is 138. The molecule has 0 heterocycles. The quantitative estimate of drug-likeness (QED) is 0.0704. The van der Waals surface area contributed by atoms with E-state index in [2.05, 4.69) is 20.8 Å². The average molecular weight is 967 g/mol. The minimum absolute atomic E-state index is 0.0632. The van der Waals surface area contributed by atoms with Crippen LogP contribution in [0.5, 0.6) is 11.5 Å². The number of hydrogen-bond acceptors (Lipinski definition) is 18. The van der Waals surface area contributed by atoms with Gasteiger partial charge in [0.1, 0.15) is 13.2 Å². The van der Waals surface area contributed by atoms with Crippen LogP contribution in [0.3, 0.4) is 0 Å². The average Bonchev–Trinajstić information content (AvgIpc) is 3.23. The summed E-state index contributed by atoms with van der Waals surface area (Å²) >= 11 is 0. The van der Waals surface area contributed by atoms with Crippen LogP contribution in [0.15, 0.2) is 18.2 Å². The molecule has 0 unspecified atom stereocenters. The molecular weight excluding hydrogens is 889 g/mol. The third-order valence-electron chi connectivity index (χ3n) is 8.38. The van der Waals surface area contributed by atoms with Crippen molar-refractivity contribution in [3.05, 3.63) is 23.8 Å². The Balaban J connectivity index is 1.97. The lowest BCUT2D eigenvalue weighted by Gasteiger charge is -2.21. The van der Waals surface area contributed by atoms with Crippen molar-refractivity contribution >= 4 is 20.2 Å². The smallest absolute Gasteiger partial charge is 0.264 e. The molecule has 0 aromatic heterocycles. The molecule has 0 bridgehead atoms. The van der Waals surface area contributed by atoms with Gasteiger partial charge in [-0.25, -0.2) is 0 Å². The summed E-state index contributed by atoms with van der Waals surface area (Å²) in [6.45, 7) is 17.4. The maximum atomic E-state index is 10.6. The van der Waals surface area contributed by atoms with Crippen LogP contribution >= 0.6 is 0 Å². The minimum Gasteiger partial charge on any atom is -0.487 e. The fourth-order valence-electron chi connectivity index (χ4n) is 5.01. The van der Waals surface area contributed by atoms with Gasteiger partial charge in [-0.2, -0.15) is 16.8 Å². The van der Waals surface area contributed by atoms with E-state index < -0.39 is 20.2 Å². The number of ether oxygens (including phenoxy) is 14. The molecule has 0 fully saturated rings. The summed E-state index contributed by atoms with van der Waals surface area (Å²) in [5.74, 6) is 0.771. The number of rotatable bonds is 48. The Labute approximate surface area is 381 Å². The Hall–Kier alpha value is -1.84. The van der Waals surface area contributed by atoms with Gasteiger partial charge in [-0.1, -0.05) is 26.8 Å². The van der Waals surface area contributed by atoms with E-state index in [4.69, 9.17) is 75.4 Å². The molecule has 0 spiro atoms. The second-order valence-electron chi connectivity index (χ2n) is 14.9. The van der Waals surface area contributed by atoms with Crippen LogP contribution in [0.25, 0.3) is 0 Å². The summed E-state index contributed by atoms with van der Waals surface area (Å²) in [6.07, 6.45) is 1.82. The predicted molar refractivity (Wildman–Crippen MR) is 237 cm³/mol. The van der Waals surface area contributed by atoms with Crippen molar-refractivity contribution < 1.29 is 92.3 Å². The zero-order valence-corrected chi connectivity index (χ0v) is 40.1. The molecule has 22 heteroatoms. The number of benzene rings is 1. The summed E-state index contributed by atoms with van der Waals surface area (Å²) in [7, 11) is -7.81. The van der Waals surface area contributed by atoms with Gasteiger partial charge in [0.2, 0.25) is 0 Å². The Morgan fingerprint density at radius 1 is 0.359 bits per heavy atom. The first-order valence-corrected chi connectivity index (χ1v) is 25.2. The van der Waals surface area contributed by atoms with Crippen molar-refractivity contribution in [2.45, 2.75) is 51.9 Å².